The number of rotatable bonds is 5. The zero-order valence-electron chi connectivity index (χ0n) is 13.7. The van der Waals surface area contributed by atoms with Crippen molar-refractivity contribution in [3.63, 3.8) is 0 Å². The van der Waals surface area contributed by atoms with Gasteiger partial charge in [-0.1, -0.05) is 36.4 Å². The van der Waals surface area contributed by atoms with Gasteiger partial charge >= 0.3 is 0 Å². The lowest BCUT2D eigenvalue weighted by atomic mass is 9.89. The summed E-state index contributed by atoms with van der Waals surface area (Å²) in [6.45, 7) is 5.71. The monoisotopic (exact) mass is 310 g/mol. The maximum atomic E-state index is 12.9. The van der Waals surface area contributed by atoms with Crippen LogP contribution in [-0.4, -0.2) is 18.4 Å². The Morgan fingerprint density at radius 2 is 1.48 bits per heavy atom. The third-order valence-electron chi connectivity index (χ3n) is 3.76. The number of carbonyl (C=O) groups excluding carboxylic acids is 2. The zero-order valence-corrected chi connectivity index (χ0v) is 13.7. The van der Waals surface area contributed by atoms with Gasteiger partial charge in [-0.25, -0.2) is 0 Å². The third kappa shape index (κ3) is 3.77. The van der Waals surface area contributed by atoms with Gasteiger partial charge < -0.3 is 10.2 Å². The van der Waals surface area contributed by atoms with Crippen molar-refractivity contribution in [1.82, 2.24) is 0 Å². The summed E-state index contributed by atoms with van der Waals surface area (Å²) >= 11 is 0. The molecule has 0 fully saturated rings. The van der Waals surface area contributed by atoms with Gasteiger partial charge in [-0.15, -0.1) is 0 Å². The molecule has 0 saturated heterocycles. The van der Waals surface area contributed by atoms with E-state index in [1.165, 1.54) is 0 Å². The Kier molecular flexibility index (Phi) is 5.16. The van der Waals surface area contributed by atoms with E-state index >= 15 is 0 Å². The summed E-state index contributed by atoms with van der Waals surface area (Å²) in [5.74, 6) is -0.539. The lowest BCUT2D eigenvalue weighted by molar-refractivity contribution is -0.136. The number of nitrogens with one attached hydrogen (secondary N) is 1. The van der Waals surface area contributed by atoms with Gasteiger partial charge in [0, 0.05) is 17.9 Å². The first-order valence-electron chi connectivity index (χ1n) is 7.70. The molecule has 0 aliphatic rings. The van der Waals surface area contributed by atoms with Crippen LogP contribution in [0.5, 0.6) is 0 Å². The number of nitrogens with zero attached hydrogens (tertiary/aromatic N) is 1. The van der Waals surface area contributed by atoms with Crippen molar-refractivity contribution >= 4 is 23.2 Å². The first-order valence-corrected chi connectivity index (χ1v) is 7.70. The number of hydrogen-bond acceptors (Lipinski definition) is 2. The van der Waals surface area contributed by atoms with Crippen molar-refractivity contribution < 1.29 is 9.59 Å². The number of benzene rings is 2. The van der Waals surface area contributed by atoms with E-state index in [1.54, 1.807) is 30.9 Å². The summed E-state index contributed by atoms with van der Waals surface area (Å²) in [5, 5.41) is 2.81. The highest BCUT2D eigenvalue weighted by Gasteiger charge is 2.39. The molecule has 4 nitrogen and oxygen atoms in total. The highest BCUT2D eigenvalue weighted by Crippen LogP contribution is 2.25. The molecule has 0 heterocycles. The van der Waals surface area contributed by atoms with E-state index in [2.05, 4.69) is 5.32 Å². The number of para-hydroxylation sites is 2. The van der Waals surface area contributed by atoms with Gasteiger partial charge in [0.15, 0.2) is 0 Å². The molecule has 1 N–H and O–H groups in total. The molecule has 4 heteroatoms. The molecule has 0 spiro atoms. The smallest absolute Gasteiger partial charge is 0.242 e. The van der Waals surface area contributed by atoms with Crippen LogP contribution >= 0.6 is 0 Å². The Hall–Kier alpha value is -2.62. The minimum Gasteiger partial charge on any atom is -0.325 e. The van der Waals surface area contributed by atoms with Crippen LogP contribution < -0.4 is 10.2 Å². The SMILES string of the molecule is CCN(C(=O)C(C)(C)C(=O)Nc1ccccc1)c1ccccc1. The van der Waals surface area contributed by atoms with E-state index in [9.17, 15) is 9.59 Å². The summed E-state index contributed by atoms with van der Waals surface area (Å²) in [7, 11) is 0. The molecule has 23 heavy (non-hydrogen) atoms. The first kappa shape index (κ1) is 16.7. The molecule has 0 atom stereocenters. The fourth-order valence-electron chi connectivity index (χ4n) is 2.29. The maximum absolute atomic E-state index is 12.9. The van der Waals surface area contributed by atoms with Crippen LogP contribution in [0.3, 0.4) is 0 Å². The molecule has 2 aromatic carbocycles. The van der Waals surface area contributed by atoms with E-state index in [4.69, 9.17) is 0 Å². The zero-order chi connectivity index (χ0) is 16.9. The van der Waals surface area contributed by atoms with E-state index in [1.807, 2.05) is 55.5 Å². The van der Waals surface area contributed by atoms with Crippen LogP contribution in [0.1, 0.15) is 20.8 Å². The van der Waals surface area contributed by atoms with Crippen molar-refractivity contribution in [3.05, 3.63) is 60.7 Å². The summed E-state index contributed by atoms with van der Waals surface area (Å²) < 4.78 is 0. The molecule has 0 aromatic heterocycles. The number of hydrogen-bond donors (Lipinski definition) is 1. The molecular weight excluding hydrogens is 288 g/mol. The Morgan fingerprint density at radius 3 is 2.00 bits per heavy atom. The summed E-state index contributed by atoms with van der Waals surface area (Å²) in [6, 6.07) is 18.5. The normalized spacial score (nSPS) is 10.9. The van der Waals surface area contributed by atoms with Gasteiger partial charge in [-0.05, 0) is 45.0 Å². The van der Waals surface area contributed by atoms with Crippen molar-refractivity contribution in [2.75, 3.05) is 16.8 Å². The van der Waals surface area contributed by atoms with Crippen LogP contribution in [-0.2, 0) is 9.59 Å². The summed E-state index contributed by atoms with van der Waals surface area (Å²) in [5.41, 5.74) is 0.309. The van der Waals surface area contributed by atoms with Gasteiger partial charge in [0.2, 0.25) is 11.8 Å². The van der Waals surface area contributed by atoms with Crippen molar-refractivity contribution in [2.24, 2.45) is 5.41 Å². The van der Waals surface area contributed by atoms with Gasteiger partial charge in [0.25, 0.3) is 0 Å². The van der Waals surface area contributed by atoms with E-state index in [-0.39, 0.29) is 11.8 Å². The summed E-state index contributed by atoms with van der Waals surface area (Å²) in [4.78, 5) is 27.1. The molecule has 0 radical (unpaired) electrons. The third-order valence-corrected chi connectivity index (χ3v) is 3.76. The van der Waals surface area contributed by atoms with E-state index in [0.717, 1.165) is 5.69 Å². The predicted octanol–water partition coefficient (Wildman–Crippen LogP) is 3.70. The fourth-order valence-corrected chi connectivity index (χ4v) is 2.29. The van der Waals surface area contributed by atoms with Crippen LogP contribution in [0, 0.1) is 5.41 Å². The highest BCUT2D eigenvalue weighted by molar-refractivity contribution is 6.14. The summed E-state index contributed by atoms with van der Waals surface area (Å²) in [6.07, 6.45) is 0. The van der Waals surface area contributed by atoms with Crippen molar-refractivity contribution in [3.8, 4) is 0 Å². The highest BCUT2D eigenvalue weighted by atomic mass is 16.2. The second-order valence-corrected chi connectivity index (χ2v) is 5.83. The Balaban J connectivity index is 2.19. The molecule has 120 valence electrons. The molecule has 0 aliphatic heterocycles. The average molecular weight is 310 g/mol. The first-order chi connectivity index (χ1) is 11.0. The molecule has 2 aromatic rings. The Morgan fingerprint density at radius 1 is 0.957 bits per heavy atom. The van der Waals surface area contributed by atoms with Gasteiger partial charge in [0.05, 0.1) is 0 Å². The lowest BCUT2D eigenvalue weighted by Gasteiger charge is -2.30. The minimum atomic E-state index is -1.16. The van der Waals surface area contributed by atoms with Crippen LogP contribution in [0.15, 0.2) is 60.7 Å². The Bertz CT molecular complexity index is 666. The number of amides is 2. The topological polar surface area (TPSA) is 49.4 Å². The second-order valence-electron chi connectivity index (χ2n) is 5.83. The standard InChI is InChI=1S/C19H22N2O2/c1-4-21(16-13-9-6-10-14-16)18(23)19(2,3)17(22)20-15-11-7-5-8-12-15/h5-14H,4H2,1-3H3,(H,20,22). The fraction of sp³-hybridized carbons (Fsp3) is 0.263. The van der Waals surface area contributed by atoms with Crippen LogP contribution in [0.2, 0.25) is 0 Å². The minimum absolute atomic E-state index is 0.223. The van der Waals surface area contributed by atoms with Crippen LogP contribution in [0.25, 0.3) is 0 Å². The van der Waals surface area contributed by atoms with Gasteiger partial charge in [0.1, 0.15) is 5.41 Å². The molecule has 0 aliphatic carbocycles. The van der Waals surface area contributed by atoms with Gasteiger partial charge in [-0.2, -0.15) is 0 Å². The lowest BCUT2D eigenvalue weighted by Crippen LogP contribution is -2.47. The molecule has 0 saturated carbocycles. The Labute approximate surface area is 137 Å². The van der Waals surface area contributed by atoms with Gasteiger partial charge in [-0.3, -0.25) is 9.59 Å². The molecule has 2 amide bonds. The molecule has 0 unspecified atom stereocenters. The molecular formula is C19H22N2O2. The van der Waals surface area contributed by atoms with E-state index < -0.39 is 5.41 Å². The van der Waals surface area contributed by atoms with Crippen molar-refractivity contribution in [2.45, 2.75) is 20.8 Å². The van der Waals surface area contributed by atoms with Crippen molar-refractivity contribution in [1.29, 1.82) is 0 Å². The largest absolute Gasteiger partial charge is 0.325 e. The molecule has 0 bridgehead atoms. The maximum Gasteiger partial charge on any atom is 0.242 e. The van der Waals surface area contributed by atoms with Crippen LogP contribution in [0.4, 0.5) is 11.4 Å². The number of carbonyl (C=O) groups is 2. The second kappa shape index (κ2) is 7.09. The van der Waals surface area contributed by atoms with E-state index in [0.29, 0.717) is 12.2 Å². The molecule has 2 rings (SSSR count). The average Bonchev–Trinajstić information content (AvgIpc) is 2.57. The quantitative estimate of drug-likeness (QED) is 0.856. The predicted molar refractivity (Wildman–Crippen MR) is 93.3 cm³/mol. The number of anilines is 2.